The third-order valence-corrected chi connectivity index (χ3v) is 3.90. The predicted molar refractivity (Wildman–Crippen MR) is 96.7 cm³/mol. The molecule has 0 unspecified atom stereocenters. The van der Waals surface area contributed by atoms with Gasteiger partial charge < -0.3 is 14.6 Å². The highest BCUT2D eigenvalue weighted by Gasteiger charge is 2.24. The van der Waals surface area contributed by atoms with Gasteiger partial charge in [-0.05, 0) is 37.3 Å². The SMILES string of the molecule is CCOc1ccc(Nc2c([N+](=O)[O-])c(=O)n(C)c3ccccc23)cc1. The second-order valence-electron chi connectivity index (χ2n) is 5.44. The fraction of sp³-hybridized carbons (Fsp3) is 0.167. The maximum absolute atomic E-state index is 12.4. The average molecular weight is 339 g/mol. The molecular formula is C18H17N3O4. The van der Waals surface area contributed by atoms with E-state index in [2.05, 4.69) is 5.32 Å². The van der Waals surface area contributed by atoms with E-state index in [1.165, 1.54) is 11.6 Å². The lowest BCUT2D eigenvalue weighted by atomic mass is 10.1. The summed E-state index contributed by atoms with van der Waals surface area (Å²) in [6, 6.07) is 14.1. The van der Waals surface area contributed by atoms with Crippen LogP contribution in [0.3, 0.4) is 0 Å². The van der Waals surface area contributed by atoms with Gasteiger partial charge in [-0.2, -0.15) is 0 Å². The lowest BCUT2D eigenvalue weighted by Gasteiger charge is -2.13. The van der Waals surface area contributed by atoms with Crippen LogP contribution in [0.4, 0.5) is 17.1 Å². The predicted octanol–water partition coefficient (Wildman–Crippen LogP) is 3.59. The van der Waals surface area contributed by atoms with Crippen molar-refractivity contribution in [2.45, 2.75) is 6.92 Å². The zero-order valence-corrected chi connectivity index (χ0v) is 13.9. The second-order valence-corrected chi connectivity index (χ2v) is 5.44. The molecule has 0 saturated heterocycles. The number of nitrogens with one attached hydrogen (secondary N) is 1. The van der Waals surface area contributed by atoms with E-state index in [0.717, 1.165) is 0 Å². The number of fused-ring (bicyclic) bond motifs is 1. The molecule has 0 aliphatic rings. The minimum Gasteiger partial charge on any atom is -0.494 e. The van der Waals surface area contributed by atoms with Crippen molar-refractivity contribution in [1.82, 2.24) is 4.57 Å². The van der Waals surface area contributed by atoms with Crippen molar-refractivity contribution < 1.29 is 9.66 Å². The number of ether oxygens (including phenoxy) is 1. The molecule has 0 bridgehead atoms. The molecule has 1 aromatic heterocycles. The molecule has 0 saturated carbocycles. The Labute approximate surface area is 143 Å². The lowest BCUT2D eigenvalue weighted by Crippen LogP contribution is -2.21. The van der Waals surface area contributed by atoms with Crippen molar-refractivity contribution in [1.29, 1.82) is 0 Å². The smallest absolute Gasteiger partial charge is 0.357 e. The Morgan fingerprint density at radius 1 is 1.16 bits per heavy atom. The first kappa shape index (κ1) is 16.5. The summed E-state index contributed by atoms with van der Waals surface area (Å²) < 4.78 is 6.68. The van der Waals surface area contributed by atoms with Gasteiger partial charge >= 0.3 is 11.2 Å². The molecule has 3 aromatic rings. The number of hydrogen-bond donors (Lipinski definition) is 1. The molecule has 1 N–H and O–H groups in total. The van der Waals surface area contributed by atoms with Crippen LogP contribution in [-0.4, -0.2) is 16.1 Å². The van der Waals surface area contributed by atoms with Gasteiger partial charge in [0, 0.05) is 18.1 Å². The first-order valence-electron chi connectivity index (χ1n) is 7.79. The molecule has 7 nitrogen and oxygen atoms in total. The van der Waals surface area contributed by atoms with E-state index in [-0.39, 0.29) is 5.69 Å². The van der Waals surface area contributed by atoms with Gasteiger partial charge in [0.1, 0.15) is 11.4 Å². The molecule has 3 rings (SSSR count). The molecule has 0 aliphatic heterocycles. The third kappa shape index (κ3) is 3.03. The van der Waals surface area contributed by atoms with Gasteiger partial charge in [0.25, 0.3) is 0 Å². The van der Waals surface area contributed by atoms with E-state index >= 15 is 0 Å². The van der Waals surface area contributed by atoms with Gasteiger partial charge in [0.2, 0.25) is 0 Å². The summed E-state index contributed by atoms with van der Waals surface area (Å²) in [5.41, 5.74) is 0.302. The van der Waals surface area contributed by atoms with Crippen molar-refractivity contribution in [2.75, 3.05) is 11.9 Å². The van der Waals surface area contributed by atoms with Gasteiger partial charge in [0.05, 0.1) is 17.0 Å². The highest BCUT2D eigenvalue weighted by molar-refractivity contribution is 5.97. The van der Waals surface area contributed by atoms with Crippen LogP contribution in [0.5, 0.6) is 5.75 Å². The molecule has 0 radical (unpaired) electrons. The van der Waals surface area contributed by atoms with Crippen LogP contribution >= 0.6 is 0 Å². The number of para-hydroxylation sites is 1. The number of hydrogen-bond acceptors (Lipinski definition) is 5. The summed E-state index contributed by atoms with van der Waals surface area (Å²) in [6.45, 7) is 2.44. The standard InChI is InChI=1S/C18H17N3O4/c1-3-25-13-10-8-12(9-11-13)19-16-14-6-4-5-7-15(14)20(2)18(22)17(16)21(23)24/h4-11,19H,3H2,1-2H3. The van der Waals surface area contributed by atoms with Crippen molar-refractivity contribution >= 4 is 28.0 Å². The van der Waals surface area contributed by atoms with Gasteiger partial charge in [-0.3, -0.25) is 14.9 Å². The topological polar surface area (TPSA) is 86.4 Å². The Morgan fingerprint density at radius 2 is 1.84 bits per heavy atom. The van der Waals surface area contributed by atoms with Crippen LogP contribution in [-0.2, 0) is 7.05 Å². The van der Waals surface area contributed by atoms with Crippen molar-refractivity contribution in [2.24, 2.45) is 7.05 Å². The first-order valence-corrected chi connectivity index (χ1v) is 7.79. The minimum absolute atomic E-state index is 0.188. The molecule has 0 atom stereocenters. The van der Waals surface area contributed by atoms with Crippen molar-refractivity contribution in [3.63, 3.8) is 0 Å². The number of pyridine rings is 1. The largest absolute Gasteiger partial charge is 0.494 e. The highest BCUT2D eigenvalue weighted by atomic mass is 16.6. The molecule has 7 heteroatoms. The Morgan fingerprint density at radius 3 is 2.48 bits per heavy atom. The van der Waals surface area contributed by atoms with E-state index in [4.69, 9.17) is 4.74 Å². The number of nitrogens with zero attached hydrogens (tertiary/aromatic N) is 2. The number of anilines is 2. The second kappa shape index (κ2) is 6.64. The number of benzene rings is 2. The van der Waals surface area contributed by atoms with E-state index in [1.807, 2.05) is 6.92 Å². The van der Waals surface area contributed by atoms with Crippen LogP contribution in [0.25, 0.3) is 10.9 Å². The maximum Gasteiger partial charge on any atom is 0.357 e. The van der Waals surface area contributed by atoms with Crippen LogP contribution in [0.15, 0.2) is 53.3 Å². The maximum atomic E-state index is 12.4. The summed E-state index contributed by atoms with van der Waals surface area (Å²) in [7, 11) is 1.53. The van der Waals surface area contributed by atoms with Gasteiger partial charge in [-0.15, -0.1) is 0 Å². The Bertz CT molecular complexity index is 994. The minimum atomic E-state index is -0.655. The first-order chi connectivity index (χ1) is 12.0. The van der Waals surface area contributed by atoms with Crippen LogP contribution in [0.2, 0.25) is 0 Å². The summed E-state index contributed by atoms with van der Waals surface area (Å²) in [5, 5.41) is 15.1. The molecule has 1 heterocycles. The average Bonchev–Trinajstić information content (AvgIpc) is 2.61. The summed E-state index contributed by atoms with van der Waals surface area (Å²) in [4.78, 5) is 23.3. The Hall–Kier alpha value is -3.35. The van der Waals surface area contributed by atoms with Crippen molar-refractivity contribution in [3.8, 4) is 5.75 Å². The number of aromatic nitrogens is 1. The normalized spacial score (nSPS) is 10.6. The fourth-order valence-electron chi connectivity index (χ4n) is 2.72. The molecule has 0 fully saturated rings. The van der Waals surface area contributed by atoms with E-state index < -0.39 is 16.2 Å². The molecule has 128 valence electrons. The van der Waals surface area contributed by atoms with Crippen molar-refractivity contribution in [3.05, 3.63) is 69.0 Å². The molecule has 0 spiro atoms. The Kier molecular flexibility index (Phi) is 4.38. The van der Waals surface area contributed by atoms with Gasteiger partial charge in [-0.1, -0.05) is 18.2 Å². The highest BCUT2D eigenvalue weighted by Crippen LogP contribution is 2.32. The number of nitro groups is 1. The molecular weight excluding hydrogens is 322 g/mol. The number of rotatable bonds is 5. The third-order valence-electron chi connectivity index (χ3n) is 3.90. The van der Waals surface area contributed by atoms with Gasteiger partial charge in [0.15, 0.2) is 0 Å². The molecule has 0 amide bonds. The van der Waals surface area contributed by atoms with Crippen LogP contribution in [0, 0.1) is 10.1 Å². The monoisotopic (exact) mass is 339 g/mol. The lowest BCUT2D eigenvalue weighted by molar-refractivity contribution is -0.385. The zero-order valence-electron chi connectivity index (χ0n) is 13.9. The van der Waals surface area contributed by atoms with Crippen LogP contribution in [0.1, 0.15) is 6.92 Å². The molecule has 0 aliphatic carbocycles. The molecule has 25 heavy (non-hydrogen) atoms. The van der Waals surface area contributed by atoms with Crippen LogP contribution < -0.4 is 15.6 Å². The Balaban J connectivity index is 2.17. The quantitative estimate of drug-likeness (QED) is 0.567. The summed E-state index contributed by atoms with van der Waals surface area (Å²) in [5.74, 6) is 0.705. The van der Waals surface area contributed by atoms with Gasteiger partial charge in [-0.25, -0.2) is 0 Å². The van der Waals surface area contributed by atoms with E-state index in [0.29, 0.717) is 28.9 Å². The zero-order chi connectivity index (χ0) is 18.0. The molecule has 2 aromatic carbocycles. The summed E-state index contributed by atoms with van der Waals surface area (Å²) in [6.07, 6.45) is 0. The van der Waals surface area contributed by atoms with E-state index in [1.54, 1.807) is 48.5 Å². The number of aryl methyl sites for hydroxylation is 1. The van der Waals surface area contributed by atoms with E-state index in [9.17, 15) is 14.9 Å². The fourth-order valence-corrected chi connectivity index (χ4v) is 2.72. The summed E-state index contributed by atoms with van der Waals surface area (Å²) >= 11 is 0.